The molecule has 0 aromatic carbocycles. The van der Waals surface area contributed by atoms with Gasteiger partial charge in [0.05, 0.1) is 11.7 Å². The van der Waals surface area contributed by atoms with Gasteiger partial charge in [-0.25, -0.2) is 0 Å². The average Bonchev–Trinajstić information content (AvgIpc) is 2.28. The van der Waals surface area contributed by atoms with Gasteiger partial charge in [0.1, 0.15) is 0 Å². The first kappa shape index (κ1) is 6.53. The molecule has 0 N–H and O–H groups in total. The molecule has 2 rings (SSSR count). The van der Waals surface area contributed by atoms with Crippen LogP contribution in [-0.4, -0.2) is 18.5 Å². The molecule has 0 fully saturated rings. The standard InChI is InChI=1S/C9H10N2/c1-2-4-8-9(5-3-1)11-7-6-10-8/h1-2,4,6-7,9H,3,5H2. The summed E-state index contributed by atoms with van der Waals surface area (Å²) < 4.78 is 0. The molecule has 2 nitrogen and oxygen atoms in total. The Kier molecular flexibility index (Phi) is 1.68. The van der Waals surface area contributed by atoms with Crippen molar-refractivity contribution in [2.45, 2.75) is 18.9 Å². The molecule has 2 heteroatoms. The Morgan fingerprint density at radius 1 is 1.36 bits per heavy atom. The van der Waals surface area contributed by atoms with Crippen molar-refractivity contribution in [1.82, 2.24) is 0 Å². The monoisotopic (exact) mass is 146 g/mol. The molecule has 0 spiro atoms. The maximum absolute atomic E-state index is 4.33. The summed E-state index contributed by atoms with van der Waals surface area (Å²) in [7, 11) is 0. The highest BCUT2D eigenvalue weighted by molar-refractivity contribution is 6.17. The highest BCUT2D eigenvalue weighted by Gasteiger charge is 2.13. The molecule has 0 saturated carbocycles. The van der Waals surface area contributed by atoms with E-state index in [9.17, 15) is 0 Å². The Labute approximate surface area is 66.1 Å². The second kappa shape index (κ2) is 2.82. The average molecular weight is 146 g/mol. The van der Waals surface area contributed by atoms with Gasteiger partial charge in [0.25, 0.3) is 0 Å². The summed E-state index contributed by atoms with van der Waals surface area (Å²) in [6.07, 6.45) is 12.0. The van der Waals surface area contributed by atoms with Gasteiger partial charge in [-0.15, -0.1) is 0 Å². The van der Waals surface area contributed by atoms with Crippen LogP contribution in [0.2, 0.25) is 0 Å². The van der Waals surface area contributed by atoms with Crippen LogP contribution >= 0.6 is 0 Å². The summed E-state index contributed by atoms with van der Waals surface area (Å²) in [5.41, 5.74) is 1.10. The Morgan fingerprint density at radius 2 is 2.36 bits per heavy atom. The third-order valence-corrected chi connectivity index (χ3v) is 1.91. The lowest BCUT2D eigenvalue weighted by Crippen LogP contribution is -2.10. The van der Waals surface area contributed by atoms with E-state index in [1.807, 2.05) is 6.08 Å². The van der Waals surface area contributed by atoms with E-state index in [2.05, 4.69) is 22.1 Å². The quantitative estimate of drug-likeness (QED) is 0.497. The van der Waals surface area contributed by atoms with E-state index in [0.717, 1.165) is 18.5 Å². The fraction of sp³-hybridized carbons (Fsp3) is 0.333. The lowest BCUT2D eigenvalue weighted by atomic mass is 10.1. The first-order valence-corrected chi connectivity index (χ1v) is 3.89. The van der Waals surface area contributed by atoms with Crippen molar-refractivity contribution in [2.24, 2.45) is 9.98 Å². The Bertz CT molecular complexity index is 259. The highest BCUT2D eigenvalue weighted by atomic mass is 14.9. The minimum atomic E-state index is 0.315. The van der Waals surface area contributed by atoms with Crippen molar-refractivity contribution in [2.75, 3.05) is 0 Å². The van der Waals surface area contributed by atoms with E-state index < -0.39 is 0 Å². The Hall–Kier alpha value is -1.18. The first-order valence-electron chi connectivity index (χ1n) is 3.89. The van der Waals surface area contributed by atoms with Gasteiger partial charge in [-0.3, -0.25) is 9.98 Å². The van der Waals surface area contributed by atoms with Gasteiger partial charge >= 0.3 is 0 Å². The number of aliphatic imine (C=N–C) groups is 2. The molecule has 1 atom stereocenters. The van der Waals surface area contributed by atoms with E-state index in [4.69, 9.17) is 0 Å². The summed E-state index contributed by atoms with van der Waals surface area (Å²) >= 11 is 0. The van der Waals surface area contributed by atoms with E-state index >= 15 is 0 Å². The minimum Gasteiger partial charge on any atom is -0.282 e. The van der Waals surface area contributed by atoms with Gasteiger partial charge in [-0.05, 0) is 18.9 Å². The summed E-state index contributed by atoms with van der Waals surface area (Å²) in [5.74, 6) is 0. The Morgan fingerprint density at radius 3 is 3.36 bits per heavy atom. The Balaban J connectivity index is 2.28. The largest absolute Gasteiger partial charge is 0.282 e. The molecule has 0 saturated heterocycles. The normalized spacial score (nSPS) is 27.6. The van der Waals surface area contributed by atoms with Crippen molar-refractivity contribution in [1.29, 1.82) is 0 Å². The van der Waals surface area contributed by atoms with E-state index in [-0.39, 0.29) is 0 Å². The summed E-state index contributed by atoms with van der Waals surface area (Å²) in [6.45, 7) is 0. The predicted molar refractivity (Wildman–Crippen MR) is 47.2 cm³/mol. The maximum Gasteiger partial charge on any atom is 0.0923 e. The van der Waals surface area contributed by atoms with Gasteiger partial charge in [0.2, 0.25) is 0 Å². The van der Waals surface area contributed by atoms with Crippen molar-refractivity contribution >= 4 is 12.4 Å². The van der Waals surface area contributed by atoms with Gasteiger partial charge in [0.15, 0.2) is 0 Å². The molecule has 0 aromatic heterocycles. The van der Waals surface area contributed by atoms with E-state index in [1.54, 1.807) is 12.4 Å². The van der Waals surface area contributed by atoms with Crippen LogP contribution in [0.15, 0.2) is 33.9 Å². The molecule has 1 heterocycles. The van der Waals surface area contributed by atoms with Crippen LogP contribution in [-0.2, 0) is 0 Å². The number of allylic oxidation sites excluding steroid dienone is 3. The van der Waals surface area contributed by atoms with Crippen molar-refractivity contribution < 1.29 is 0 Å². The van der Waals surface area contributed by atoms with Gasteiger partial charge in [-0.1, -0.05) is 12.2 Å². The van der Waals surface area contributed by atoms with Crippen molar-refractivity contribution in [3.63, 3.8) is 0 Å². The highest BCUT2D eigenvalue weighted by Crippen LogP contribution is 2.18. The van der Waals surface area contributed by atoms with Crippen LogP contribution in [0.25, 0.3) is 0 Å². The number of fused-ring (bicyclic) bond motifs is 1. The van der Waals surface area contributed by atoms with Crippen molar-refractivity contribution in [3.8, 4) is 0 Å². The number of nitrogens with zero attached hydrogens (tertiary/aromatic N) is 2. The van der Waals surface area contributed by atoms with E-state index in [1.165, 1.54) is 0 Å². The zero-order chi connectivity index (χ0) is 7.52. The minimum absolute atomic E-state index is 0.315. The molecule has 0 aromatic rings. The number of hydrogen-bond acceptors (Lipinski definition) is 2. The lowest BCUT2D eigenvalue weighted by Gasteiger charge is -2.12. The fourth-order valence-corrected chi connectivity index (χ4v) is 1.32. The van der Waals surface area contributed by atoms with Gasteiger partial charge in [-0.2, -0.15) is 0 Å². The molecule has 0 bridgehead atoms. The fourth-order valence-electron chi connectivity index (χ4n) is 1.32. The molecular formula is C9H10N2. The van der Waals surface area contributed by atoms with Crippen LogP contribution in [0.4, 0.5) is 0 Å². The molecule has 1 aliphatic carbocycles. The van der Waals surface area contributed by atoms with Crippen LogP contribution in [0, 0.1) is 0 Å². The van der Waals surface area contributed by atoms with Crippen molar-refractivity contribution in [3.05, 3.63) is 23.9 Å². The molecule has 1 unspecified atom stereocenters. The third-order valence-electron chi connectivity index (χ3n) is 1.91. The molecule has 0 amide bonds. The van der Waals surface area contributed by atoms with Crippen LogP contribution < -0.4 is 0 Å². The number of rotatable bonds is 0. The predicted octanol–water partition coefficient (Wildman–Crippen LogP) is 1.74. The molecule has 11 heavy (non-hydrogen) atoms. The van der Waals surface area contributed by atoms with Crippen LogP contribution in [0.3, 0.4) is 0 Å². The van der Waals surface area contributed by atoms with Crippen LogP contribution in [0.1, 0.15) is 12.8 Å². The lowest BCUT2D eigenvalue weighted by molar-refractivity contribution is 0.701. The van der Waals surface area contributed by atoms with Gasteiger partial charge in [0, 0.05) is 12.4 Å². The van der Waals surface area contributed by atoms with E-state index in [0.29, 0.717) is 6.04 Å². The summed E-state index contributed by atoms with van der Waals surface area (Å²) in [6, 6.07) is 0.315. The maximum atomic E-state index is 4.33. The second-order valence-corrected chi connectivity index (χ2v) is 2.69. The second-order valence-electron chi connectivity index (χ2n) is 2.69. The molecule has 2 aliphatic rings. The van der Waals surface area contributed by atoms with Gasteiger partial charge < -0.3 is 0 Å². The summed E-state index contributed by atoms with van der Waals surface area (Å²) in [4.78, 5) is 8.58. The zero-order valence-electron chi connectivity index (χ0n) is 6.27. The van der Waals surface area contributed by atoms with Crippen LogP contribution in [0.5, 0.6) is 0 Å². The smallest absolute Gasteiger partial charge is 0.0923 e. The molecule has 0 radical (unpaired) electrons. The summed E-state index contributed by atoms with van der Waals surface area (Å²) in [5, 5.41) is 0. The first-order chi connectivity index (χ1) is 5.47. The third kappa shape index (κ3) is 1.29. The zero-order valence-corrected chi connectivity index (χ0v) is 6.27. The SMILES string of the molecule is C1=CCCC2N=CC=NC2=C1. The number of hydrogen-bond donors (Lipinski definition) is 0. The topological polar surface area (TPSA) is 24.7 Å². The molecular weight excluding hydrogens is 136 g/mol. The molecule has 56 valence electrons. The molecule has 1 aliphatic heterocycles.